The van der Waals surface area contributed by atoms with Crippen LogP contribution in [-0.2, 0) is 14.3 Å². The van der Waals surface area contributed by atoms with E-state index in [1.54, 1.807) is 0 Å². The molecular weight excluding hydrogens is 470 g/mol. The summed E-state index contributed by atoms with van der Waals surface area (Å²) < 4.78 is 15.6. The Kier molecular flexibility index (Phi) is 7.86. The molecule has 1 heterocycles. The van der Waals surface area contributed by atoms with Crippen molar-refractivity contribution in [2.45, 2.75) is 13.0 Å². The average Bonchev–Trinajstić information content (AvgIpc) is 3.26. The van der Waals surface area contributed by atoms with Crippen molar-refractivity contribution in [3.8, 4) is 22.8 Å². The number of anilines is 1. The number of ether oxygens (including phenoxy) is 3. The number of primary amides is 1. The van der Waals surface area contributed by atoms with Gasteiger partial charge in [0.05, 0.1) is 23.4 Å². The van der Waals surface area contributed by atoms with E-state index in [0.29, 0.717) is 5.13 Å². The second kappa shape index (κ2) is 10.8. The third-order valence-corrected chi connectivity index (χ3v) is 5.32. The number of hydrogen-bond donors (Lipinski definition) is 2. The summed E-state index contributed by atoms with van der Waals surface area (Å²) in [5.41, 5.74) is 6.74. The highest BCUT2D eigenvalue weighted by Crippen LogP contribution is 2.36. The van der Waals surface area contributed by atoms with Gasteiger partial charge < -0.3 is 19.9 Å². The summed E-state index contributed by atoms with van der Waals surface area (Å²) in [5, 5.41) is 4.84. The highest BCUT2D eigenvalue weighted by Gasteiger charge is 2.23. The molecule has 0 bridgehead atoms. The fourth-order valence-electron chi connectivity index (χ4n) is 2.68. The van der Waals surface area contributed by atoms with E-state index in [1.807, 2.05) is 35.7 Å². The summed E-state index contributed by atoms with van der Waals surface area (Å²) in [4.78, 5) is 40.4. The predicted molar refractivity (Wildman–Crippen MR) is 124 cm³/mol. The van der Waals surface area contributed by atoms with E-state index >= 15 is 0 Å². The largest absolute Gasteiger partial charge is 0.493 e. The van der Waals surface area contributed by atoms with Crippen LogP contribution in [-0.4, -0.2) is 42.6 Å². The smallest absolute Gasteiger partial charge is 0.339 e. The van der Waals surface area contributed by atoms with Crippen LogP contribution < -0.4 is 20.5 Å². The molecule has 3 N–H and O–H groups in total. The van der Waals surface area contributed by atoms with E-state index < -0.39 is 30.5 Å². The van der Waals surface area contributed by atoms with E-state index in [0.717, 1.165) is 11.3 Å². The van der Waals surface area contributed by atoms with Crippen molar-refractivity contribution in [1.82, 2.24) is 4.98 Å². The summed E-state index contributed by atoms with van der Waals surface area (Å²) in [6.45, 7) is 1.02. The third-order valence-electron chi connectivity index (χ3n) is 4.28. The van der Waals surface area contributed by atoms with Crippen molar-refractivity contribution < 1.29 is 28.6 Å². The van der Waals surface area contributed by atoms with Crippen molar-refractivity contribution >= 4 is 45.9 Å². The summed E-state index contributed by atoms with van der Waals surface area (Å²) in [7, 11) is 1.34. The Morgan fingerprint density at radius 1 is 1.21 bits per heavy atom. The molecule has 2 amide bonds. The van der Waals surface area contributed by atoms with Crippen LogP contribution in [0.2, 0.25) is 5.02 Å². The maximum absolute atomic E-state index is 12.6. The van der Waals surface area contributed by atoms with Gasteiger partial charge in [0.25, 0.3) is 11.8 Å². The van der Waals surface area contributed by atoms with Crippen LogP contribution >= 0.6 is 22.9 Å². The van der Waals surface area contributed by atoms with Gasteiger partial charge in [-0.3, -0.25) is 14.9 Å². The Labute approximate surface area is 198 Å². The molecule has 1 atom stereocenters. The molecule has 2 aromatic carbocycles. The second-order valence-electron chi connectivity index (χ2n) is 6.69. The molecule has 0 radical (unpaired) electrons. The molecule has 9 nitrogen and oxygen atoms in total. The zero-order chi connectivity index (χ0) is 24.0. The first-order valence-corrected chi connectivity index (χ1v) is 10.9. The molecule has 1 aromatic heterocycles. The van der Waals surface area contributed by atoms with Gasteiger partial charge in [-0.05, 0) is 19.1 Å². The Morgan fingerprint density at radius 3 is 2.61 bits per heavy atom. The minimum absolute atomic E-state index is 0.0101. The molecule has 0 aliphatic carbocycles. The fraction of sp³-hybridized carbons (Fsp3) is 0.182. The number of aromatic nitrogens is 1. The van der Waals surface area contributed by atoms with Gasteiger partial charge in [-0.2, -0.15) is 0 Å². The highest BCUT2D eigenvalue weighted by atomic mass is 35.5. The van der Waals surface area contributed by atoms with Crippen LogP contribution in [0.25, 0.3) is 11.3 Å². The van der Waals surface area contributed by atoms with Crippen molar-refractivity contribution in [3.63, 3.8) is 0 Å². The van der Waals surface area contributed by atoms with E-state index in [2.05, 4.69) is 10.3 Å². The normalized spacial score (nSPS) is 11.4. The zero-order valence-electron chi connectivity index (χ0n) is 17.7. The quantitative estimate of drug-likeness (QED) is 0.440. The van der Waals surface area contributed by atoms with Crippen LogP contribution in [0.5, 0.6) is 11.5 Å². The number of halogens is 1. The molecule has 0 spiro atoms. The van der Waals surface area contributed by atoms with Crippen molar-refractivity contribution in [2.24, 2.45) is 5.73 Å². The van der Waals surface area contributed by atoms with Crippen LogP contribution in [0.3, 0.4) is 0 Å². The molecule has 0 fully saturated rings. The van der Waals surface area contributed by atoms with E-state index in [-0.39, 0.29) is 22.1 Å². The van der Waals surface area contributed by atoms with Crippen LogP contribution in [0.4, 0.5) is 5.13 Å². The van der Waals surface area contributed by atoms with Crippen LogP contribution in [0.15, 0.2) is 47.8 Å². The number of carbonyl (C=O) groups is 3. The Morgan fingerprint density at radius 2 is 1.94 bits per heavy atom. The number of amides is 2. The van der Waals surface area contributed by atoms with Crippen LogP contribution in [0, 0.1) is 0 Å². The molecule has 0 saturated heterocycles. The third kappa shape index (κ3) is 6.21. The number of thiazole rings is 1. The molecule has 3 rings (SSSR count). The maximum atomic E-state index is 12.6. The van der Waals surface area contributed by atoms with Crippen molar-refractivity contribution in [1.29, 1.82) is 0 Å². The van der Waals surface area contributed by atoms with E-state index in [4.69, 9.17) is 31.5 Å². The molecule has 33 heavy (non-hydrogen) atoms. The minimum atomic E-state index is -1.11. The monoisotopic (exact) mass is 489 g/mol. The van der Waals surface area contributed by atoms with Gasteiger partial charge in [0.2, 0.25) is 0 Å². The molecule has 11 heteroatoms. The van der Waals surface area contributed by atoms with Crippen molar-refractivity contribution in [3.05, 3.63) is 58.4 Å². The zero-order valence-corrected chi connectivity index (χ0v) is 19.2. The van der Waals surface area contributed by atoms with Gasteiger partial charge in [0, 0.05) is 10.9 Å². The van der Waals surface area contributed by atoms with Crippen molar-refractivity contribution in [2.75, 3.05) is 19.0 Å². The number of methoxy groups -OCH3 is 1. The summed E-state index contributed by atoms with van der Waals surface area (Å²) in [6.07, 6.45) is -1.11. The number of nitrogens with zero attached hydrogens (tertiary/aromatic N) is 1. The lowest BCUT2D eigenvalue weighted by atomic mass is 10.2. The fourth-order valence-corrected chi connectivity index (χ4v) is 3.67. The van der Waals surface area contributed by atoms with E-state index in [9.17, 15) is 14.4 Å². The Hall–Kier alpha value is -3.63. The van der Waals surface area contributed by atoms with Gasteiger partial charge in [0.1, 0.15) is 0 Å². The van der Waals surface area contributed by atoms with Gasteiger partial charge in [0.15, 0.2) is 29.3 Å². The lowest BCUT2D eigenvalue weighted by molar-refractivity contribution is -0.123. The van der Waals surface area contributed by atoms with E-state index in [1.165, 1.54) is 37.5 Å². The Balaban J connectivity index is 1.65. The lowest BCUT2D eigenvalue weighted by Crippen LogP contribution is -2.30. The minimum Gasteiger partial charge on any atom is -0.493 e. The van der Waals surface area contributed by atoms with Gasteiger partial charge in [-0.15, -0.1) is 11.3 Å². The predicted octanol–water partition coefficient (Wildman–Crippen LogP) is 3.52. The number of carbonyl (C=O) groups excluding carboxylic acids is 3. The SMILES string of the molecule is COc1cc(C(=O)OC(C)C(=O)Nc2nc(-c3ccccc3)cs2)cc(Cl)c1OCC(N)=O. The second-order valence-corrected chi connectivity index (χ2v) is 7.95. The average molecular weight is 490 g/mol. The first-order valence-electron chi connectivity index (χ1n) is 9.60. The Bertz CT molecular complexity index is 1170. The summed E-state index contributed by atoms with van der Waals surface area (Å²) in [6, 6.07) is 12.1. The maximum Gasteiger partial charge on any atom is 0.339 e. The van der Waals surface area contributed by atoms with Gasteiger partial charge in [-0.25, -0.2) is 9.78 Å². The molecule has 172 valence electrons. The first kappa shape index (κ1) is 24.0. The number of nitrogens with one attached hydrogen (secondary N) is 1. The summed E-state index contributed by atoms with van der Waals surface area (Å²) >= 11 is 7.41. The molecule has 0 aliphatic rings. The van der Waals surface area contributed by atoms with Gasteiger partial charge >= 0.3 is 5.97 Å². The summed E-state index contributed by atoms with van der Waals surface area (Å²) in [5.74, 6) is -1.89. The number of hydrogen-bond acceptors (Lipinski definition) is 8. The standard InChI is InChI=1S/C22H20ClN3O6S/c1-12(20(28)26-22-25-16(11-33-22)13-6-4-3-5-7-13)32-21(29)14-8-15(23)19(17(9-14)30-2)31-10-18(24)27/h3-9,11-12H,10H2,1-2H3,(H2,24,27)(H,25,26,28). The number of nitrogens with two attached hydrogens (primary N) is 1. The first-order chi connectivity index (χ1) is 15.8. The topological polar surface area (TPSA) is 130 Å². The lowest BCUT2D eigenvalue weighted by Gasteiger charge is -2.15. The molecule has 0 aliphatic heterocycles. The molecular formula is C22H20ClN3O6S. The highest BCUT2D eigenvalue weighted by molar-refractivity contribution is 7.14. The molecule has 3 aromatic rings. The van der Waals surface area contributed by atoms with Gasteiger partial charge in [-0.1, -0.05) is 41.9 Å². The van der Waals surface area contributed by atoms with Crippen LogP contribution in [0.1, 0.15) is 17.3 Å². The number of rotatable bonds is 9. The molecule has 1 unspecified atom stereocenters. The number of benzene rings is 2. The molecule has 0 saturated carbocycles. The number of esters is 1.